The number of hydrogen-bond donors (Lipinski definition) is 0. The van der Waals surface area contributed by atoms with Gasteiger partial charge in [0.05, 0.1) is 0 Å². The molecule has 0 aliphatic heterocycles. The number of hydrogen-bond acceptors (Lipinski definition) is 1. The van der Waals surface area contributed by atoms with Crippen LogP contribution in [0.4, 0.5) is 0 Å². The molecular weight excluding hydrogens is 225 g/mol. The van der Waals surface area contributed by atoms with Crippen LogP contribution in [0.1, 0.15) is 59.3 Å². The van der Waals surface area contributed by atoms with Crippen LogP contribution >= 0.6 is 6.60 Å². The Bertz CT molecular complexity index is 217. The molecule has 0 aliphatic carbocycles. The number of nitriles is 1. The molecule has 0 aromatic heterocycles. The second-order valence-electron chi connectivity index (χ2n) is 6.15. The van der Waals surface area contributed by atoms with Gasteiger partial charge in [0.2, 0.25) is 0 Å². The Morgan fingerprint density at radius 1 is 0.824 bits per heavy atom. The van der Waals surface area contributed by atoms with Crippen LogP contribution in [-0.4, -0.2) is 31.3 Å². The standard InChI is InChI=1S/C15H32NP/c1-5-8-12-17(4,15-11-16,13-9-6-2)14-10-7-3/h5-10,12-15H2,1-4H3. The van der Waals surface area contributed by atoms with Crippen LogP contribution in [0.25, 0.3) is 0 Å². The number of unbranched alkanes of at least 4 members (excludes halogenated alkanes) is 3. The van der Waals surface area contributed by atoms with Crippen molar-refractivity contribution in [1.29, 1.82) is 5.26 Å². The van der Waals surface area contributed by atoms with Crippen molar-refractivity contribution in [2.75, 3.05) is 31.3 Å². The van der Waals surface area contributed by atoms with E-state index >= 15 is 0 Å². The Balaban J connectivity index is 4.84. The van der Waals surface area contributed by atoms with Crippen LogP contribution in [0.15, 0.2) is 0 Å². The first kappa shape index (κ1) is 16.9. The van der Waals surface area contributed by atoms with Crippen LogP contribution < -0.4 is 0 Å². The van der Waals surface area contributed by atoms with Gasteiger partial charge in [-0.1, -0.05) is 0 Å². The zero-order valence-corrected chi connectivity index (χ0v) is 13.4. The Kier molecular flexibility index (Phi) is 8.06. The van der Waals surface area contributed by atoms with Crippen molar-refractivity contribution >= 4 is 6.60 Å². The third-order valence-electron chi connectivity index (χ3n) is 4.19. The minimum absolute atomic E-state index is 0.867. The number of nitrogens with zero attached hydrogens (tertiary/aromatic N) is 1. The van der Waals surface area contributed by atoms with Crippen LogP contribution in [0, 0.1) is 11.3 Å². The van der Waals surface area contributed by atoms with Gasteiger partial charge in [0.25, 0.3) is 0 Å². The van der Waals surface area contributed by atoms with Crippen molar-refractivity contribution in [2.24, 2.45) is 0 Å². The van der Waals surface area contributed by atoms with Crippen molar-refractivity contribution < 1.29 is 0 Å². The van der Waals surface area contributed by atoms with Gasteiger partial charge in [0, 0.05) is 0 Å². The van der Waals surface area contributed by atoms with E-state index in [1.54, 1.807) is 0 Å². The minimum atomic E-state index is -1.70. The van der Waals surface area contributed by atoms with E-state index in [4.69, 9.17) is 0 Å². The van der Waals surface area contributed by atoms with Gasteiger partial charge in [0.1, 0.15) is 0 Å². The molecule has 0 saturated heterocycles. The first-order valence-electron chi connectivity index (χ1n) is 7.41. The van der Waals surface area contributed by atoms with Crippen molar-refractivity contribution in [1.82, 2.24) is 0 Å². The fourth-order valence-electron chi connectivity index (χ4n) is 2.75. The second kappa shape index (κ2) is 8.10. The summed E-state index contributed by atoms with van der Waals surface area (Å²) in [6, 6.07) is 2.53. The SMILES string of the molecule is CCCCP(C)(CC#N)(CCCC)CCCC. The summed E-state index contributed by atoms with van der Waals surface area (Å²) in [4.78, 5) is 0. The normalized spacial score (nSPS) is 13.9. The summed E-state index contributed by atoms with van der Waals surface area (Å²) >= 11 is 0. The summed E-state index contributed by atoms with van der Waals surface area (Å²) in [6.45, 7) is 7.64. The Morgan fingerprint density at radius 2 is 1.18 bits per heavy atom. The average molecular weight is 257 g/mol. The van der Waals surface area contributed by atoms with Crippen molar-refractivity contribution in [3.63, 3.8) is 0 Å². The van der Waals surface area contributed by atoms with Crippen molar-refractivity contribution in [3.05, 3.63) is 0 Å². The van der Waals surface area contributed by atoms with E-state index in [2.05, 4.69) is 33.5 Å². The van der Waals surface area contributed by atoms with E-state index < -0.39 is 6.60 Å². The molecule has 2 heteroatoms. The molecule has 0 amide bonds. The average Bonchev–Trinajstić information content (AvgIpc) is 2.33. The molecule has 0 spiro atoms. The summed E-state index contributed by atoms with van der Waals surface area (Å²) in [5.41, 5.74) is 0. The predicted molar refractivity (Wildman–Crippen MR) is 82.6 cm³/mol. The zero-order chi connectivity index (χ0) is 13.2. The molecule has 0 aliphatic rings. The first-order chi connectivity index (χ1) is 8.04. The monoisotopic (exact) mass is 257 g/mol. The molecule has 0 unspecified atom stereocenters. The molecule has 0 N–H and O–H groups in total. The van der Waals surface area contributed by atoms with Gasteiger partial charge in [-0.05, 0) is 0 Å². The van der Waals surface area contributed by atoms with Crippen LogP contribution in [0.3, 0.4) is 0 Å². The summed E-state index contributed by atoms with van der Waals surface area (Å²) in [5, 5.41) is 9.25. The Labute approximate surface area is 109 Å². The van der Waals surface area contributed by atoms with E-state index in [0.29, 0.717) is 0 Å². The molecule has 0 heterocycles. The summed E-state index contributed by atoms with van der Waals surface area (Å²) in [7, 11) is 0. The molecular formula is C15H32NP. The first-order valence-corrected chi connectivity index (χ1v) is 10.8. The Hall–Kier alpha value is -0.0800. The molecule has 0 aromatic rings. The topological polar surface area (TPSA) is 23.8 Å². The summed E-state index contributed by atoms with van der Waals surface area (Å²) in [6.07, 6.45) is 12.7. The third kappa shape index (κ3) is 5.87. The fraction of sp³-hybridized carbons (Fsp3) is 0.933. The van der Waals surface area contributed by atoms with Gasteiger partial charge in [0.15, 0.2) is 0 Å². The third-order valence-corrected chi connectivity index (χ3v) is 10.5. The Morgan fingerprint density at radius 3 is 1.41 bits per heavy atom. The molecule has 0 rings (SSSR count). The maximum absolute atomic E-state index is 9.25. The van der Waals surface area contributed by atoms with Gasteiger partial charge in [-0.3, -0.25) is 0 Å². The van der Waals surface area contributed by atoms with E-state index in [1.807, 2.05) is 0 Å². The maximum atomic E-state index is 9.25. The fourth-order valence-corrected chi connectivity index (χ4v) is 8.24. The summed E-state index contributed by atoms with van der Waals surface area (Å²) in [5.74, 6) is 0. The van der Waals surface area contributed by atoms with Gasteiger partial charge >= 0.3 is 109 Å². The van der Waals surface area contributed by atoms with Crippen LogP contribution in [0.2, 0.25) is 0 Å². The molecule has 17 heavy (non-hydrogen) atoms. The predicted octanol–water partition coefficient (Wildman–Crippen LogP) is 5.09. The zero-order valence-electron chi connectivity index (χ0n) is 12.5. The second-order valence-corrected chi connectivity index (χ2v) is 13.0. The number of rotatable bonds is 10. The van der Waals surface area contributed by atoms with Gasteiger partial charge in [-0.15, -0.1) is 0 Å². The van der Waals surface area contributed by atoms with Crippen LogP contribution in [-0.2, 0) is 0 Å². The molecule has 0 fully saturated rings. The van der Waals surface area contributed by atoms with Gasteiger partial charge in [-0.25, -0.2) is 0 Å². The molecule has 102 valence electrons. The van der Waals surface area contributed by atoms with Crippen LogP contribution in [0.5, 0.6) is 0 Å². The molecule has 1 nitrogen and oxygen atoms in total. The van der Waals surface area contributed by atoms with Crippen molar-refractivity contribution in [2.45, 2.75) is 59.3 Å². The van der Waals surface area contributed by atoms with E-state index in [9.17, 15) is 5.26 Å². The molecule has 0 radical (unpaired) electrons. The molecule has 0 atom stereocenters. The van der Waals surface area contributed by atoms with Gasteiger partial charge < -0.3 is 0 Å². The van der Waals surface area contributed by atoms with E-state index in [1.165, 1.54) is 57.0 Å². The summed E-state index contributed by atoms with van der Waals surface area (Å²) < 4.78 is 0. The van der Waals surface area contributed by atoms with E-state index in [0.717, 1.165) is 6.16 Å². The van der Waals surface area contributed by atoms with Crippen molar-refractivity contribution in [3.8, 4) is 6.07 Å². The molecule has 0 saturated carbocycles. The van der Waals surface area contributed by atoms with E-state index in [-0.39, 0.29) is 0 Å². The molecule has 0 aromatic carbocycles. The quantitative estimate of drug-likeness (QED) is 0.500. The van der Waals surface area contributed by atoms with Gasteiger partial charge in [-0.2, -0.15) is 0 Å². The molecule has 0 bridgehead atoms.